The van der Waals surface area contributed by atoms with E-state index in [0.717, 1.165) is 32.6 Å². The molecule has 1 aliphatic rings. The third-order valence-corrected chi connectivity index (χ3v) is 9.74. The van der Waals surface area contributed by atoms with Crippen LogP contribution in [0.1, 0.15) is 29.7 Å². The molecule has 2 heterocycles. The van der Waals surface area contributed by atoms with E-state index in [-0.39, 0.29) is 5.25 Å². The maximum atomic E-state index is 13.0. The summed E-state index contributed by atoms with van der Waals surface area (Å²) < 4.78 is 27.1. The number of thiazole rings is 1. The summed E-state index contributed by atoms with van der Waals surface area (Å²) in [5.74, 6) is 0. The predicted molar refractivity (Wildman–Crippen MR) is 131 cm³/mol. The third kappa shape index (κ3) is 4.98. The first-order valence-electron chi connectivity index (χ1n) is 9.78. The van der Waals surface area contributed by atoms with Crippen molar-refractivity contribution in [1.82, 2.24) is 4.98 Å². The minimum atomic E-state index is -3.30. The highest BCUT2D eigenvalue weighted by Gasteiger charge is 2.32. The van der Waals surface area contributed by atoms with Crippen molar-refractivity contribution in [3.05, 3.63) is 75.2 Å². The molecule has 1 aliphatic heterocycles. The summed E-state index contributed by atoms with van der Waals surface area (Å²) in [4.78, 5) is 7.44. The maximum Gasteiger partial charge on any atom is 0.185 e. The van der Waals surface area contributed by atoms with Crippen LogP contribution in [0.4, 0.5) is 5.13 Å². The molecule has 0 bridgehead atoms. The Labute approximate surface area is 198 Å². The largest absolute Gasteiger partial charge is 0.348 e. The molecule has 4 rings (SSSR count). The summed E-state index contributed by atoms with van der Waals surface area (Å²) in [5, 5.41) is 3.48. The van der Waals surface area contributed by atoms with Gasteiger partial charge in [0.1, 0.15) is 0 Å². The SMILES string of the molecule is O=S(=O)(c1ccc(CBr)cc1)C1CCN(c2nc(Cc3cccc(Br)c3)cs2)CC1. The molecular formula is C22H22Br2N2O2S2. The van der Waals surface area contributed by atoms with Crippen molar-refractivity contribution in [2.75, 3.05) is 18.0 Å². The van der Waals surface area contributed by atoms with Crippen molar-refractivity contribution in [3.8, 4) is 0 Å². The van der Waals surface area contributed by atoms with E-state index in [1.54, 1.807) is 23.5 Å². The lowest BCUT2D eigenvalue weighted by molar-refractivity contribution is 0.529. The van der Waals surface area contributed by atoms with Crippen molar-refractivity contribution in [3.63, 3.8) is 0 Å². The van der Waals surface area contributed by atoms with E-state index in [9.17, 15) is 8.42 Å². The molecule has 30 heavy (non-hydrogen) atoms. The number of piperidine rings is 1. The number of halogens is 2. The summed E-state index contributed by atoms with van der Waals surface area (Å²) in [6.45, 7) is 1.43. The van der Waals surface area contributed by atoms with E-state index >= 15 is 0 Å². The minimum absolute atomic E-state index is 0.329. The number of aromatic nitrogens is 1. The molecule has 0 aliphatic carbocycles. The van der Waals surface area contributed by atoms with Crippen LogP contribution < -0.4 is 4.90 Å². The van der Waals surface area contributed by atoms with Gasteiger partial charge in [0.05, 0.1) is 15.8 Å². The molecule has 2 aromatic carbocycles. The monoisotopic (exact) mass is 568 g/mol. The van der Waals surface area contributed by atoms with Crippen molar-refractivity contribution in [2.45, 2.75) is 34.7 Å². The number of hydrogen-bond donors (Lipinski definition) is 0. The molecule has 4 nitrogen and oxygen atoms in total. The van der Waals surface area contributed by atoms with E-state index in [1.807, 2.05) is 24.3 Å². The van der Waals surface area contributed by atoms with Crippen LogP contribution in [0.5, 0.6) is 0 Å². The highest BCUT2D eigenvalue weighted by atomic mass is 79.9. The number of anilines is 1. The van der Waals surface area contributed by atoms with Gasteiger partial charge in [0.15, 0.2) is 15.0 Å². The van der Waals surface area contributed by atoms with Crippen LogP contribution in [-0.2, 0) is 21.6 Å². The Morgan fingerprint density at radius 3 is 2.47 bits per heavy atom. The van der Waals surface area contributed by atoms with Crippen LogP contribution in [0, 0.1) is 0 Å². The second-order valence-corrected chi connectivity index (χ2v) is 12.0. The van der Waals surface area contributed by atoms with Gasteiger partial charge in [0.25, 0.3) is 0 Å². The molecule has 0 amide bonds. The van der Waals surface area contributed by atoms with Gasteiger partial charge < -0.3 is 4.90 Å². The lowest BCUT2D eigenvalue weighted by Gasteiger charge is -2.31. The zero-order valence-electron chi connectivity index (χ0n) is 16.3. The number of hydrogen-bond acceptors (Lipinski definition) is 5. The molecule has 1 saturated heterocycles. The normalized spacial score (nSPS) is 15.5. The molecule has 8 heteroatoms. The summed E-state index contributed by atoms with van der Waals surface area (Å²) in [6, 6.07) is 15.5. The van der Waals surface area contributed by atoms with Crippen LogP contribution >= 0.6 is 43.2 Å². The Kier molecular flexibility index (Phi) is 6.97. The Hall–Kier alpha value is -1.22. The van der Waals surface area contributed by atoms with Crippen LogP contribution in [0.3, 0.4) is 0 Å². The summed E-state index contributed by atoms with van der Waals surface area (Å²) in [5.41, 5.74) is 3.35. The van der Waals surface area contributed by atoms with Crippen molar-refractivity contribution in [1.29, 1.82) is 0 Å². The van der Waals surface area contributed by atoms with Crippen LogP contribution in [0.25, 0.3) is 0 Å². The minimum Gasteiger partial charge on any atom is -0.348 e. The van der Waals surface area contributed by atoms with E-state index in [0.29, 0.717) is 30.8 Å². The fourth-order valence-electron chi connectivity index (χ4n) is 3.70. The summed E-state index contributed by atoms with van der Waals surface area (Å²) in [7, 11) is -3.30. The lowest BCUT2D eigenvalue weighted by atomic mass is 10.1. The highest BCUT2D eigenvalue weighted by molar-refractivity contribution is 9.10. The van der Waals surface area contributed by atoms with Crippen molar-refractivity contribution < 1.29 is 8.42 Å². The van der Waals surface area contributed by atoms with Gasteiger partial charge in [0, 0.05) is 34.7 Å². The Morgan fingerprint density at radius 1 is 1.07 bits per heavy atom. The number of sulfone groups is 1. The first-order chi connectivity index (χ1) is 14.5. The number of benzene rings is 2. The lowest BCUT2D eigenvalue weighted by Crippen LogP contribution is -2.39. The summed E-state index contributed by atoms with van der Waals surface area (Å²) in [6.07, 6.45) is 2.05. The van der Waals surface area contributed by atoms with Gasteiger partial charge in [-0.3, -0.25) is 0 Å². The first kappa shape index (κ1) is 22.0. The molecule has 158 valence electrons. The van der Waals surface area contributed by atoms with E-state index in [4.69, 9.17) is 4.98 Å². The second kappa shape index (κ2) is 9.51. The van der Waals surface area contributed by atoms with E-state index in [2.05, 4.69) is 54.3 Å². The van der Waals surface area contributed by atoms with E-state index in [1.165, 1.54) is 5.56 Å². The number of alkyl halides is 1. The molecule has 1 aromatic heterocycles. The zero-order valence-corrected chi connectivity index (χ0v) is 21.1. The molecule has 1 fully saturated rings. The van der Waals surface area contributed by atoms with Gasteiger partial charge in [0.2, 0.25) is 0 Å². The van der Waals surface area contributed by atoms with Crippen LogP contribution in [-0.4, -0.2) is 31.7 Å². The summed E-state index contributed by atoms with van der Waals surface area (Å²) >= 11 is 8.55. The second-order valence-electron chi connectivity index (χ2n) is 7.44. The molecule has 0 unspecified atom stereocenters. The predicted octanol–water partition coefficient (Wildman–Crippen LogP) is 5.83. The molecule has 0 atom stereocenters. The van der Waals surface area contributed by atoms with Gasteiger partial charge in [-0.25, -0.2) is 13.4 Å². The highest BCUT2D eigenvalue weighted by Crippen LogP contribution is 2.30. The van der Waals surface area contributed by atoms with Gasteiger partial charge in [-0.1, -0.05) is 56.1 Å². The van der Waals surface area contributed by atoms with Gasteiger partial charge in [-0.05, 0) is 48.2 Å². The smallest absolute Gasteiger partial charge is 0.185 e. The molecule has 0 radical (unpaired) electrons. The average Bonchev–Trinajstić information content (AvgIpc) is 3.22. The van der Waals surface area contributed by atoms with E-state index < -0.39 is 9.84 Å². The molecule has 0 saturated carbocycles. The third-order valence-electron chi connectivity index (χ3n) is 5.37. The Morgan fingerprint density at radius 2 is 1.80 bits per heavy atom. The standard InChI is InChI=1S/C22H22Br2N2O2S2/c23-14-16-4-6-20(7-5-16)30(27,28)21-8-10-26(11-9-21)22-25-19(15-29-22)13-17-2-1-3-18(24)12-17/h1-7,12,15,21H,8-11,13-14H2. The Balaban J connectivity index is 1.39. The first-order valence-corrected chi connectivity index (χ1v) is 14.1. The fraction of sp³-hybridized carbons (Fsp3) is 0.318. The molecule has 3 aromatic rings. The number of nitrogens with zero attached hydrogens (tertiary/aromatic N) is 2. The average molecular weight is 570 g/mol. The zero-order chi connectivity index (χ0) is 21.1. The topological polar surface area (TPSA) is 50.3 Å². The molecule has 0 spiro atoms. The van der Waals surface area contributed by atoms with Crippen LogP contribution in [0.2, 0.25) is 0 Å². The van der Waals surface area contributed by atoms with Crippen molar-refractivity contribution >= 4 is 58.2 Å². The van der Waals surface area contributed by atoms with Gasteiger partial charge in [-0.15, -0.1) is 11.3 Å². The molecule has 0 N–H and O–H groups in total. The number of rotatable bonds is 6. The quantitative estimate of drug-likeness (QED) is 0.350. The maximum absolute atomic E-state index is 13.0. The van der Waals surface area contributed by atoms with Crippen LogP contribution in [0.15, 0.2) is 63.3 Å². The van der Waals surface area contributed by atoms with Gasteiger partial charge >= 0.3 is 0 Å². The molecular weight excluding hydrogens is 548 g/mol. The van der Waals surface area contributed by atoms with Gasteiger partial charge in [-0.2, -0.15) is 0 Å². The van der Waals surface area contributed by atoms with Crippen molar-refractivity contribution in [2.24, 2.45) is 0 Å². The Bertz CT molecular complexity index is 1110. The fourth-order valence-corrected chi connectivity index (χ4v) is 7.13.